The number of aryl methyl sites for hydroxylation is 1. The smallest absolute Gasteiger partial charge is 0.259 e. The minimum atomic E-state index is -0.833. The Labute approximate surface area is 168 Å². The van der Waals surface area contributed by atoms with E-state index in [4.69, 9.17) is 4.98 Å². The van der Waals surface area contributed by atoms with Crippen molar-refractivity contribution in [2.75, 3.05) is 13.1 Å². The minimum absolute atomic E-state index is 0.00547. The molecule has 3 aromatic rings. The third-order valence-electron chi connectivity index (χ3n) is 5.26. The molecule has 1 atom stereocenters. The van der Waals surface area contributed by atoms with Crippen molar-refractivity contribution in [1.82, 2.24) is 14.9 Å². The van der Waals surface area contributed by atoms with Crippen LogP contribution >= 0.6 is 0 Å². The lowest BCUT2D eigenvalue weighted by Gasteiger charge is -2.32. The van der Waals surface area contributed by atoms with E-state index in [0.717, 1.165) is 41.8 Å². The normalized spacial score (nSPS) is 16.7. The Bertz CT molecular complexity index is 1030. The van der Waals surface area contributed by atoms with Crippen LogP contribution in [-0.4, -0.2) is 33.9 Å². The van der Waals surface area contributed by atoms with E-state index in [0.29, 0.717) is 18.9 Å². The van der Waals surface area contributed by atoms with Gasteiger partial charge in [-0.3, -0.25) is 4.79 Å². The van der Waals surface area contributed by atoms with Gasteiger partial charge in [-0.2, -0.15) is 0 Å². The number of amides is 1. The lowest BCUT2D eigenvalue weighted by Crippen LogP contribution is -2.40. The summed E-state index contributed by atoms with van der Waals surface area (Å²) in [7, 11) is 0. The largest absolute Gasteiger partial charge is 0.338 e. The molecule has 1 aromatic heterocycles. The highest BCUT2D eigenvalue weighted by Crippen LogP contribution is 2.28. The lowest BCUT2D eigenvalue weighted by molar-refractivity contribution is 0.0696. The molecule has 29 heavy (non-hydrogen) atoms. The average molecular weight is 393 g/mol. The molecule has 0 bridgehead atoms. The summed E-state index contributed by atoms with van der Waals surface area (Å²) in [6.07, 6.45) is 3.32. The second-order valence-corrected chi connectivity index (χ2v) is 7.36. The fraction of sp³-hybridized carbons (Fsp3) is 0.261. The third kappa shape index (κ3) is 4.01. The summed E-state index contributed by atoms with van der Waals surface area (Å²) in [6, 6.07) is 13.3. The molecule has 1 aliphatic heterocycles. The highest BCUT2D eigenvalue weighted by atomic mass is 19.1. The maximum atomic E-state index is 14.0. The molecule has 0 N–H and O–H groups in total. The second kappa shape index (κ2) is 8.07. The van der Waals surface area contributed by atoms with Crippen LogP contribution < -0.4 is 0 Å². The maximum Gasteiger partial charge on any atom is 0.259 e. The first-order valence-electron chi connectivity index (χ1n) is 9.66. The lowest BCUT2D eigenvalue weighted by atomic mass is 9.93. The van der Waals surface area contributed by atoms with E-state index in [1.54, 1.807) is 6.20 Å². The van der Waals surface area contributed by atoms with Gasteiger partial charge in [-0.25, -0.2) is 18.7 Å². The van der Waals surface area contributed by atoms with Gasteiger partial charge < -0.3 is 4.90 Å². The van der Waals surface area contributed by atoms with Crippen molar-refractivity contribution >= 4 is 5.91 Å². The molecule has 2 aromatic carbocycles. The zero-order valence-corrected chi connectivity index (χ0v) is 16.1. The van der Waals surface area contributed by atoms with Crippen LogP contribution in [0.4, 0.5) is 8.78 Å². The fourth-order valence-corrected chi connectivity index (χ4v) is 3.79. The predicted molar refractivity (Wildman–Crippen MR) is 106 cm³/mol. The first-order chi connectivity index (χ1) is 14.0. The van der Waals surface area contributed by atoms with Gasteiger partial charge in [0.2, 0.25) is 0 Å². The molecular weight excluding hydrogens is 372 g/mol. The number of aromatic nitrogens is 2. The summed E-state index contributed by atoms with van der Waals surface area (Å²) < 4.78 is 28.1. The van der Waals surface area contributed by atoms with Crippen molar-refractivity contribution in [2.45, 2.75) is 25.7 Å². The summed E-state index contributed by atoms with van der Waals surface area (Å²) in [4.78, 5) is 23.4. The zero-order chi connectivity index (χ0) is 20.4. The van der Waals surface area contributed by atoms with Crippen LogP contribution in [0.1, 0.15) is 40.4 Å². The van der Waals surface area contributed by atoms with E-state index >= 15 is 0 Å². The molecule has 6 heteroatoms. The van der Waals surface area contributed by atoms with Crippen LogP contribution in [0, 0.1) is 18.6 Å². The van der Waals surface area contributed by atoms with Crippen molar-refractivity contribution < 1.29 is 13.6 Å². The standard InChI is InChI=1S/C23H21F2N3O/c1-15-5-2-6-16(13-15)22-26-11-10-20(27-22)17-7-4-12-28(14-17)23(29)21-18(24)8-3-9-19(21)25/h2-3,5-6,8-11,13,17H,4,7,12,14H2,1H3/t17-/m0/s1. The zero-order valence-electron chi connectivity index (χ0n) is 16.1. The Morgan fingerprint density at radius 3 is 2.62 bits per heavy atom. The van der Waals surface area contributed by atoms with Crippen molar-refractivity contribution in [1.29, 1.82) is 0 Å². The van der Waals surface area contributed by atoms with Crippen LogP contribution in [-0.2, 0) is 0 Å². The summed E-state index contributed by atoms with van der Waals surface area (Å²) in [5.41, 5.74) is 2.40. The number of nitrogens with zero attached hydrogens (tertiary/aromatic N) is 3. The third-order valence-corrected chi connectivity index (χ3v) is 5.26. The molecule has 1 saturated heterocycles. The van der Waals surface area contributed by atoms with Gasteiger partial charge in [0.25, 0.3) is 5.91 Å². The molecule has 0 unspecified atom stereocenters. The predicted octanol–water partition coefficient (Wildman–Crippen LogP) is 4.75. The summed E-state index contributed by atoms with van der Waals surface area (Å²) in [6.45, 7) is 2.86. The molecule has 0 radical (unpaired) electrons. The molecule has 148 valence electrons. The van der Waals surface area contributed by atoms with Crippen LogP contribution in [0.5, 0.6) is 0 Å². The molecule has 4 nitrogen and oxygen atoms in total. The van der Waals surface area contributed by atoms with Gasteiger partial charge in [0.1, 0.15) is 17.2 Å². The van der Waals surface area contributed by atoms with Crippen molar-refractivity contribution in [3.05, 3.63) is 83.2 Å². The van der Waals surface area contributed by atoms with Crippen LogP contribution in [0.2, 0.25) is 0 Å². The van der Waals surface area contributed by atoms with Crippen molar-refractivity contribution in [3.8, 4) is 11.4 Å². The van der Waals surface area contributed by atoms with Gasteiger partial charge in [0.15, 0.2) is 5.82 Å². The summed E-state index contributed by atoms with van der Waals surface area (Å²) in [5, 5.41) is 0. The monoisotopic (exact) mass is 393 g/mol. The Balaban J connectivity index is 1.58. The van der Waals surface area contributed by atoms with Gasteiger partial charge in [-0.1, -0.05) is 29.8 Å². The number of hydrogen-bond acceptors (Lipinski definition) is 3. The fourth-order valence-electron chi connectivity index (χ4n) is 3.79. The highest BCUT2D eigenvalue weighted by Gasteiger charge is 2.29. The van der Waals surface area contributed by atoms with E-state index < -0.39 is 23.1 Å². The summed E-state index contributed by atoms with van der Waals surface area (Å²) in [5.74, 6) is -1.65. The van der Waals surface area contributed by atoms with Gasteiger partial charge in [-0.15, -0.1) is 0 Å². The molecule has 1 aliphatic rings. The first-order valence-corrected chi connectivity index (χ1v) is 9.66. The topological polar surface area (TPSA) is 46.1 Å². The van der Waals surface area contributed by atoms with Gasteiger partial charge in [-0.05, 0) is 44.0 Å². The maximum absolute atomic E-state index is 14.0. The molecule has 0 spiro atoms. The Morgan fingerprint density at radius 1 is 1.10 bits per heavy atom. The number of carbonyl (C=O) groups excluding carboxylic acids is 1. The average Bonchev–Trinajstić information content (AvgIpc) is 2.74. The second-order valence-electron chi connectivity index (χ2n) is 7.36. The van der Waals surface area contributed by atoms with Crippen molar-refractivity contribution in [3.63, 3.8) is 0 Å². The van der Waals surface area contributed by atoms with Crippen molar-refractivity contribution in [2.24, 2.45) is 0 Å². The molecule has 1 fully saturated rings. The Kier molecular flexibility index (Phi) is 5.34. The number of piperidine rings is 1. The van der Waals surface area contributed by atoms with E-state index in [9.17, 15) is 13.6 Å². The van der Waals surface area contributed by atoms with Crippen LogP contribution in [0.3, 0.4) is 0 Å². The number of benzene rings is 2. The van der Waals surface area contributed by atoms with Crippen LogP contribution in [0.15, 0.2) is 54.7 Å². The number of rotatable bonds is 3. The molecule has 0 aliphatic carbocycles. The first kappa shape index (κ1) is 19.2. The number of likely N-dealkylation sites (tertiary alicyclic amines) is 1. The van der Waals surface area contributed by atoms with Gasteiger partial charge >= 0.3 is 0 Å². The van der Waals surface area contributed by atoms with E-state index in [2.05, 4.69) is 4.98 Å². The van der Waals surface area contributed by atoms with E-state index in [-0.39, 0.29) is 5.92 Å². The minimum Gasteiger partial charge on any atom is -0.338 e. The molecule has 1 amide bonds. The van der Waals surface area contributed by atoms with Crippen LogP contribution in [0.25, 0.3) is 11.4 Å². The molecular formula is C23H21F2N3O. The quantitative estimate of drug-likeness (QED) is 0.645. The Hall–Kier alpha value is -3.15. The SMILES string of the molecule is Cc1cccc(-c2nccc([C@H]3CCCN(C(=O)c4c(F)cccc4F)C3)n2)c1. The Morgan fingerprint density at radius 2 is 1.86 bits per heavy atom. The summed E-state index contributed by atoms with van der Waals surface area (Å²) >= 11 is 0. The molecule has 0 saturated carbocycles. The number of hydrogen-bond donors (Lipinski definition) is 0. The van der Waals surface area contributed by atoms with E-state index in [1.807, 2.05) is 37.3 Å². The van der Waals surface area contributed by atoms with Gasteiger partial charge in [0.05, 0.1) is 0 Å². The van der Waals surface area contributed by atoms with Gasteiger partial charge in [0, 0.05) is 36.5 Å². The molecule has 4 rings (SSSR count). The molecule has 2 heterocycles. The highest BCUT2D eigenvalue weighted by molar-refractivity contribution is 5.94. The van der Waals surface area contributed by atoms with E-state index in [1.165, 1.54) is 11.0 Å². The number of halogens is 2. The number of carbonyl (C=O) groups is 1.